The van der Waals surface area contributed by atoms with Gasteiger partial charge < -0.3 is 9.80 Å². The van der Waals surface area contributed by atoms with E-state index in [2.05, 4.69) is 0 Å². The Morgan fingerprint density at radius 1 is 0.882 bits per heavy atom. The Bertz CT molecular complexity index is 359. The van der Waals surface area contributed by atoms with Crippen molar-refractivity contribution in [2.24, 2.45) is 0 Å². The molecule has 1 rings (SSSR count). The van der Waals surface area contributed by atoms with Gasteiger partial charge in [0.25, 0.3) is 5.91 Å². The third-order valence-corrected chi connectivity index (χ3v) is 2.06. The lowest BCUT2D eigenvalue weighted by atomic mass is 10.2. The van der Waals surface area contributed by atoms with Crippen molar-refractivity contribution in [2.45, 2.75) is 6.92 Å². The maximum atomic E-state index is 11.3. The van der Waals surface area contributed by atoms with Crippen LogP contribution in [0.15, 0.2) is 30.3 Å². The molecule has 0 aliphatic heterocycles. The summed E-state index contributed by atoms with van der Waals surface area (Å²) in [4.78, 5) is 24.4. The van der Waals surface area contributed by atoms with Crippen LogP contribution in [-0.2, 0) is 4.79 Å². The third kappa shape index (κ3) is 6.35. The zero-order valence-corrected chi connectivity index (χ0v) is 11.1. The zero-order chi connectivity index (χ0) is 13.4. The van der Waals surface area contributed by atoms with Crippen molar-refractivity contribution in [1.82, 2.24) is 9.80 Å². The number of hydrogen-bond acceptors (Lipinski definition) is 2. The summed E-state index contributed by atoms with van der Waals surface area (Å²) in [6, 6.07) is 9.23. The zero-order valence-electron chi connectivity index (χ0n) is 11.1. The van der Waals surface area contributed by atoms with Crippen molar-refractivity contribution in [2.75, 3.05) is 28.2 Å². The smallest absolute Gasteiger partial charge is 0.253 e. The second-order valence-electron chi connectivity index (χ2n) is 3.98. The first-order valence-corrected chi connectivity index (χ1v) is 5.30. The van der Waals surface area contributed by atoms with Crippen molar-refractivity contribution in [3.05, 3.63) is 35.9 Å². The highest BCUT2D eigenvalue weighted by Gasteiger charge is 2.04. The van der Waals surface area contributed by atoms with Crippen LogP contribution in [0.3, 0.4) is 0 Å². The van der Waals surface area contributed by atoms with E-state index in [0.717, 1.165) is 5.56 Å². The molecule has 0 radical (unpaired) electrons. The summed E-state index contributed by atoms with van der Waals surface area (Å²) in [6.07, 6.45) is 0. The molecule has 0 saturated carbocycles. The van der Waals surface area contributed by atoms with Gasteiger partial charge in [-0.2, -0.15) is 0 Å². The Balaban J connectivity index is 0.000000366. The van der Waals surface area contributed by atoms with Gasteiger partial charge in [-0.05, 0) is 12.1 Å². The van der Waals surface area contributed by atoms with Crippen LogP contribution in [0.1, 0.15) is 17.3 Å². The number of carbonyl (C=O) groups excluding carboxylic acids is 2. The molecule has 0 heterocycles. The van der Waals surface area contributed by atoms with E-state index in [4.69, 9.17) is 0 Å². The van der Waals surface area contributed by atoms with E-state index in [1.165, 1.54) is 11.8 Å². The van der Waals surface area contributed by atoms with Crippen LogP contribution in [0.25, 0.3) is 0 Å². The predicted octanol–water partition coefficient (Wildman–Crippen LogP) is 1.48. The van der Waals surface area contributed by atoms with Crippen LogP contribution in [0.2, 0.25) is 0 Å². The van der Waals surface area contributed by atoms with Crippen LogP contribution < -0.4 is 0 Å². The summed E-state index contributed by atoms with van der Waals surface area (Å²) >= 11 is 0. The summed E-state index contributed by atoms with van der Waals surface area (Å²) in [5.41, 5.74) is 0.734. The molecule has 2 amide bonds. The van der Waals surface area contributed by atoms with Gasteiger partial charge in [-0.15, -0.1) is 0 Å². The molecule has 0 bridgehead atoms. The maximum Gasteiger partial charge on any atom is 0.253 e. The lowest BCUT2D eigenvalue weighted by Crippen LogP contribution is -2.21. The molecule has 0 unspecified atom stereocenters. The molecule has 0 aromatic heterocycles. The number of benzene rings is 1. The van der Waals surface area contributed by atoms with Crippen molar-refractivity contribution in [1.29, 1.82) is 0 Å². The molecule has 0 atom stereocenters. The second-order valence-corrected chi connectivity index (χ2v) is 3.98. The Morgan fingerprint density at radius 2 is 1.29 bits per heavy atom. The topological polar surface area (TPSA) is 40.6 Å². The van der Waals surface area contributed by atoms with Crippen molar-refractivity contribution < 1.29 is 9.59 Å². The molecule has 0 fully saturated rings. The number of carbonyl (C=O) groups is 2. The van der Waals surface area contributed by atoms with E-state index >= 15 is 0 Å². The van der Waals surface area contributed by atoms with Crippen LogP contribution in [0.5, 0.6) is 0 Å². The third-order valence-electron chi connectivity index (χ3n) is 2.06. The summed E-state index contributed by atoms with van der Waals surface area (Å²) in [7, 11) is 6.94. The molecule has 17 heavy (non-hydrogen) atoms. The second kappa shape index (κ2) is 7.44. The quantitative estimate of drug-likeness (QED) is 0.741. The average molecular weight is 236 g/mol. The summed E-state index contributed by atoms with van der Waals surface area (Å²) in [5.74, 6) is 0.139. The molecule has 94 valence electrons. The van der Waals surface area contributed by atoms with Crippen molar-refractivity contribution >= 4 is 11.8 Å². The van der Waals surface area contributed by atoms with Gasteiger partial charge in [0.05, 0.1) is 0 Å². The maximum absolute atomic E-state index is 11.3. The Morgan fingerprint density at radius 3 is 1.59 bits per heavy atom. The average Bonchev–Trinajstić information content (AvgIpc) is 2.29. The monoisotopic (exact) mass is 236 g/mol. The first-order chi connectivity index (χ1) is 7.86. The summed E-state index contributed by atoms with van der Waals surface area (Å²) in [6.45, 7) is 1.53. The van der Waals surface area contributed by atoms with Gasteiger partial charge in [0.15, 0.2) is 0 Å². The molecule has 1 aromatic rings. The number of hydrogen-bond donors (Lipinski definition) is 0. The largest absolute Gasteiger partial charge is 0.349 e. The van der Waals surface area contributed by atoms with E-state index in [1.807, 2.05) is 30.3 Å². The van der Waals surface area contributed by atoms with Crippen molar-refractivity contribution in [3.8, 4) is 0 Å². The van der Waals surface area contributed by atoms with E-state index in [-0.39, 0.29) is 11.8 Å². The first-order valence-electron chi connectivity index (χ1n) is 5.30. The van der Waals surface area contributed by atoms with E-state index in [0.29, 0.717) is 0 Å². The minimum Gasteiger partial charge on any atom is -0.349 e. The molecule has 0 saturated heterocycles. The Kier molecular flexibility index (Phi) is 6.63. The normalized spacial score (nSPS) is 8.76. The van der Waals surface area contributed by atoms with Gasteiger partial charge in [-0.1, -0.05) is 18.2 Å². The van der Waals surface area contributed by atoms with Gasteiger partial charge in [0.2, 0.25) is 5.91 Å². The van der Waals surface area contributed by atoms with Crippen molar-refractivity contribution in [3.63, 3.8) is 0 Å². The molecule has 1 aromatic carbocycles. The predicted molar refractivity (Wildman–Crippen MR) is 68.8 cm³/mol. The molecule has 4 heteroatoms. The molecule has 0 aliphatic rings. The fraction of sp³-hybridized carbons (Fsp3) is 0.385. The molecule has 0 N–H and O–H groups in total. The molecular weight excluding hydrogens is 216 g/mol. The fourth-order valence-electron chi connectivity index (χ4n) is 0.839. The van der Waals surface area contributed by atoms with Gasteiger partial charge in [0.1, 0.15) is 0 Å². The molecule has 0 spiro atoms. The number of nitrogens with zero attached hydrogens (tertiary/aromatic N) is 2. The first kappa shape index (κ1) is 15.2. The van der Waals surface area contributed by atoms with Gasteiger partial charge in [-0.25, -0.2) is 0 Å². The summed E-state index contributed by atoms with van der Waals surface area (Å²) in [5, 5.41) is 0. The van der Waals surface area contributed by atoms with Crippen LogP contribution in [-0.4, -0.2) is 49.8 Å². The highest BCUT2D eigenvalue weighted by atomic mass is 16.2. The van der Waals surface area contributed by atoms with Gasteiger partial charge in [0, 0.05) is 40.7 Å². The van der Waals surface area contributed by atoms with E-state index < -0.39 is 0 Å². The van der Waals surface area contributed by atoms with Crippen LogP contribution >= 0.6 is 0 Å². The Labute approximate surface area is 103 Å². The number of rotatable bonds is 1. The van der Waals surface area contributed by atoms with E-state index in [9.17, 15) is 9.59 Å². The molecule has 0 aliphatic carbocycles. The Hall–Kier alpha value is -1.84. The fourth-order valence-corrected chi connectivity index (χ4v) is 0.839. The minimum atomic E-state index is 0.0469. The van der Waals surface area contributed by atoms with Gasteiger partial charge in [-0.3, -0.25) is 9.59 Å². The minimum absolute atomic E-state index is 0.0469. The van der Waals surface area contributed by atoms with Crippen LogP contribution in [0, 0.1) is 0 Å². The molecule has 4 nitrogen and oxygen atoms in total. The van der Waals surface area contributed by atoms with Crippen LogP contribution in [0.4, 0.5) is 0 Å². The molecular formula is C13H20N2O2. The van der Waals surface area contributed by atoms with E-state index in [1.54, 1.807) is 33.1 Å². The van der Waals surface area contributed by atoms with Gasteiger partial charge >= 0.3 is 0 Å². The summed E-state index contributed by atoms with van der Waals surface area (Å²) < 4.78 is 0. The SMILES string of the molecule is CC(=O)N(C)C.CN(C)C(=O)c1ccccc1. The highest BCUT2D eigenvalue weighted by molar-refractivity contribution is 5.93. The standard InChI is InChI=1S/C9H11NO.C4H9NO/c1-10(2)9(11)8-6-4-3-5-7-8;1-4(6)5(2)3/h3-7H,1-2H3;1-3H3. The lowest BCUT2D eigenvalue weighted by Gasteiger charge is -2.08. The number of amides is 2. The lowest BCUT2D eigenvalue weighted by molar-refractivity contribution is -0.126. The highest BCUT2D eigenvalue weighted by Crippen LogP contribution is 2.00.